The Bertz CT molecular complexity index is 334. The van der Waals surface area contributed by atoms with Crippen molar-refractivity contribution in [3.05, 3.63) is 0 Å². The lowest BCUT2D eigenvalue weighted by atomic mass is 9.99. The summed E-state index contributed by atoms with van der Waals surface area (Å²) in [5.41, 5.74) is 0. The molecule has 0 spiro atoms. The summed E-state index contributed by atoms with van der Waals surface area (Å²) >= 11 is 0. The van der Waals surface area contributed by atoms with Gasteiger partial charge in [0, 0.05) is 19.2 Å². The van der Waals surface area contributed by atoms with Gasteiger partial charge in [0.1, 0.15) is 0 Å². The molecule has 1 saturated heterocycles. The molecule has 0 aromatic rings. The van der Waals surface area contributed by atoms with Crippen molar-refractivity contribution in [2.24, 2.45) is 0 Å². The predicted octanol–water partition coefficient (Wildman–Crippen LogP) is 1.25. The number of ether oxygens (including phenoxy) is 1. The number of carbonyl (C=O) groups is 2. The van der Waals surface area contributed by atoms with Crippen LogP contribution in [-0.4, -0.2) is 60.3 Å². The van der Waals surface area contributed by atoms with Crippen LogP contribution in [-0.2, 0) is 14.3 Å². The highest BCUT2D eigenvalue weighted by molar-refractivity contribution is 5.78. The molecule has 6 heteroatoms. The molecular weight excluding hydrogens is 272 g/mol. The number of nitrogens with one attached hydrogen (secondary N) is 1. The van der Waals surface area contributed by atoms with Crippen molar-refractivity contribution < 1.29 is 19.4 Å². The van der Waals surface area contributed by atoms with Gasteiger partial charge in [0.25, 0.3) is 0 Å². The first-order chi connectivity index (χ1) is 9.99. The van der Waals surface area contributed by atoms with Crippen LogP contribution in [0.15, 0.2) is 0 Å². The number of carboxylic acids is 1. The van der Waals surface area contributed by atoms with Crippen LogP contribution >= 0.6 is 0 Å². The number of rotatable bonds is 9. The van der Waals surface area contributed by atoms with Crippen LogP contribution in [0.2, 0.25) is 0 Å². The summed E-state index contributed by atoms with van der Waals surface area (Å²) in [7, 11) is 0. The lowest BCUT2D eigenvalue weighted by Gasteiger charge is -2.34. The van der Waals surface area contributed by atoms with E-state index in [4.69, 9.17) is 9.84 Å². The minimum atomic E-state index is -0.793. The van der Waals surface area contributed by atoms with Crippen molar-refractivity contribution in [1.29, 1.82) is 0 Å². The van der Waals surface area contributed by atoms with E-state index in [1.54, 1.807) is 0 Å². The van der Waals surface area contributed by atoms with E-state index in [1.165, 1.54) is 0 Å². The molecule has 0 saturated carbocycles. The van der Waals surface area contributed by atoms with Crippen LogP contribution in [0.1, 0.15) is 46.0 Å². The van der Waals surface area contributed by atoms with Crippen LogP contribution in [0.4, 0.5) is 0 Å². The molecule has 1 aliphatic heterocycles. The molecule has 1 unspecified atom stereocenters. The molecule has 21 heavy (non-hydrogen) atoms. The smallest absolute Gasteiger partial charge is 0.304 e. The Morgan fingerprint density at radius 2 is 2.14 bits per heavy atom. The number of aliphatic carboxylic acids is 1. The lowest BCUT2D eigenvalue weighted by molar-refractivity contribution is -0.139. The second-order valence-electron chi connectivity index (χ2n) is 5.84. The standard InChI is InChI=1S/C15H28N2O4/c1-12(2)21-9-5-7-16-14(18)11-17-8-4-3-6-13(17)10-15(19)20/h12-13H,3-11H2,1-2H3,(H,16,18)(H,19,20). The van der Waals surface area contributed by atoms with E-state index in [-0.39, 0.29) is 24.5 Å². The molecule has 1 aliphatic rings. The third-order valence-electron chi connectivity index (χ3n) is 3.60. The number of carboxylic acid groups (broad SMARTS) is 1. The first kappa shape index (κ1) is 17.9. The Morgan fingerprint density at radius 3 is 2.81 bits per heavy atom. The fraction of sp³-hybridized carbons (Fsp3) is 0.867. The fourth-order valence-corrected chi connectivity index (χ4v) is 2.56. The zero-order valence-corrected chi connectivity index (χ0v) is 13.1. The Kier molecular flexibility index (Phi) is 8.30. The SMILES string of the molecule is CC(C)OCCCNC(=O)CN1CCCCC1CC(=O)O. The number of hydrogen-bond acceptors (Lipinski definition) is 4. The van der Waals surface area contributed by atoms with Gasteiger partial charge in [-0.3, -0.25) is 14.5 Å². The van der Waals surface area contributed by atoms with E-state index in [1.807, 2.05) is 18.7 Å². The molecule has 0 aliphatic carbocycles. The minimum absolute atomic E-state index is 0.00808. The number of hydrogen-bond donors (Lipinski definition) is 2. The van der Waals surface area contributed by atoms with Crippen molar-refractivity contribution in [2.75, 3.05) is 26.2 Å². The third kappa shape index (κ3) is 8.02. The molecule has 2 N–H and O–H groups in total. The highest BCUT2D eigenvalue weighted by atomic mass is 16.5. The van der Waals surface area contributed by atoms with E-state index in [0.29, 0.717) is 19.7 Å². The average molecular weight is 300 g/mol. The van der Waals surface area contributed by atoms with Gasteiger partial charge in [0.2, 0.25) is 5.91 Å². The molecule has 0 aromatic heterocycles. The maximum atomic E-state index is 11.9. The largest absolute Gasteiger partial charge is 0.481 e. The van der Waals surface area contributed by atoms with Gasteiger partial charge < -0.3 is 15.2 Å². The zero-order valence-electron chi connectivity index (χ0n) is 13.1. The average Bonchev–Trinajstić information content (AvgIpc) is 2.39. The normalized spacial score (nSPS) is 19.7. The molecule has 122 valence electrons. The molecule has 1 heterocycles. The van der Waals surface area contributed by atoms with Crippen LogP contribution in [0.5, 0.6) is 0 Å². The summed E-state index contributed by atoms with van der Waals surface area (Å²) in [5.74, 6) is -0.824. The van der Waals surface area contributed by atoms with E-state index in [2.05, 4.69) is 5.32 Å². The Labute approximate surface area is 126 Å². The molecule has 1 rings (SSSR count). The Hall–Kier alpha value is -1.14. The van der Waals surface area contributed by atoms with Crippen LogP contribution < -0.4 is 5.32 Å². The molecule has 0 radical (unpaired) electrons. The van der Waals surface area contributed by atoms with Gasteiger partial charge in [-0.15, -0.1) is 0 Å². The van der Waals surface area contributed by atoms with E-state index in [0.717, 1.165) is 32.2 Å². The van der Waals surface area contributed by atoms with Crippen molar-refractivity contribution in [3.63, 3.8) is 0 Å². The monoisotopic (exact) mass is 300 g/mol. The van der Waals surface area contributed by atoms with Gasteiger partial charge in [-0.25, -0.2) is 0 Å². The minimum Gasteiger partial charge on any atom is -0.481 e. The van der Waals surface area contributed by atoms with E-state index >= 15 is 0 Å². The summed E-state index contributed by atoms with van der Waals surface area (Å²) < 4.78 is 5.41. The van der Waals surface area contributed by atoms with Crippen molar-refractivity contribution >= 4 is 11.9 Å². The molecule has 0 aromatic carbocycles. The van der Waals surface area contributed by atoms with Gasteiger partial charge in [-0.1, -0.05) is 6.42 Å². The van der Waals surface area contributed by atoms with Gasteiger partial charge in [0.15, 0.2) is 0 Å². The maximum Gasteiger partial charge on any atom is 0.304 e. The number of amides is 1. The van der Waals surface area contributed by atoms with Gasteiger partial charge >= 0.3 is 5.97 Å². The van der Waals surface area contributed by atoms with Crippen molar-refractivity contribution in [1.82, 2.24) is 10.2 Å². The Morgan fingerprint density at radius 1 is 1.38 bits per heavy atom. The van der Waals surface area contributed by atoms with Gasteiger partial charge in [-0.2, -0.15) is 0 Å². The van der Waals surface area contributed by atoms with Gasteiger partial charge in [-0.05, 0) is 39.7 Å². The van der Waals surface area contributed by atoms with Crippen LogP contribution in [0, 0.1) is 0 Å². The summed E-state index contributed by atoms with van der Waals surface area (Å²) in [4.78, 5) is 24.8. The number of nitrogens with zero attached hydrogens (tertiary/aromatic N) is 1. The second-order valence-corrected chi connectivity index (χ2v) is 5.84. The predicted molar refractivity (Wildman–Crippen MR) is 80.2 cm³/mol. The quantitative estimate of drug-likeness (QED) is 0.627. The number of piperidine rings is 1. The fourth-order valence-electron chi connectivity index (χ4n) is 2.56. The number of likely N-dealkylation sites (tertiary alicyclic amines) is 1. The van der Waals surface area contributed by atoms with Gasteiger partial charge in [0.05, 0.1) is 19.1 Å². The highest BCUT2D eigenvalue weighted by Gasteiger charge is 2.25. The van der Waals surface area contributed by atoms with E-state index < -0.39 is 5.97 Å². The van der Waals surface area contributed by atoms with Crippen LogP contribution in [0.3, 0.4) is 0 Å². The highest BCUT2D eigenvalue weighted by Crippen LogP contribution is 2.19. The van der Waals surface area contributed by atoms with Crippen molar-refractivity contribution in [3.8, 4) is 0 Å². The van der Waals surface area contributed by atoms with E-state index in [9.17, 15) is 9.59 Å². The zero-order chi connectivity index (χ0) is 15.7. The summed E-state index contributed by atoms with van der Waals surface area (Å²) in [6.07, 6.45) is 4.07. The first-order valence-corrected chi connectivity index (χ1v) is 7.83. The molecular formula is C15H28N2O4. The molecule has 1 amide bonds. The summed E-state index contributed by atoms with van der Waals surface area (Å²) in [6, 6.07) is -0.00808. The summed E-state index contributed by atoms with van der Waals surface area (Å²) in [6.45, 7) is 6.31. The number of carbonyl (C=O) groups excluding carboxylic acids is 1. The molecule has 1 fully saturated rings. The maximum absolute atomic E-state index is 11.9. The molecule has 0 bridgehead atoms. The third-order valence-corrected chi connectivity index (χ3v) is 3.60. The summed E-state index contributed by atoms with van der Waals surface area (Å²) in [5, 5.41) is 11.8. The Balaban J connectivity index is 2.23. The lowest BCUT2D eigenvalue weighted by Crippen LogP contribution is -2.46. The first-order valence-electron chi connectivity index (χ1n) is 7.83. The van der Waals surface area contributed by atoms with Crippen molar-refractivity contribution in [2.45, 2.75) is 58.1 Å². The second kappa shape index (κ2) is 9.73. The topological polar surface area (TPSA) is 78.9 Å². The molecule has 6 nitrogen and oxygen atoms in total. The van der Waals surface area contributed by atoms with Crippen LogP contribution in [0.25, 0.3) is 0 Å². The molecule has 1 atom stereocenters.